The smallest absolute Gasteiger partial charge is 0.171 e. The molecule has 2 aromatic rings. The summed E-state index contributed by atoms with van der Waals surface area (Å²) < 4.78 is 7.09. The highest BCUT2D eigenvalue weighted by Gasteiger charge is 2.04. The van der Waals surface area contributed by atoms with Gasteiger partial charge in [-0.05, 0) is 12.1 Å². The lowest BCUT2D eigenvalue weighted by Crippen LogP contribution is -2.04. The fourth-order valence-corrected chi connectivity index (χ4v) is 1.25. The number of aromatic nitrogens is 4. The SMILES string of the molecule is Cn1ncnc1COc1cccnc1Cl. The van der Waals surface area contributed by atoms with Gasteiger partial charge in [-0.25, -0.2) is 9.97 Å². The normalized spacial score (nSPS) is 10.3. The van der Waals surface area contributed by atoms with Crippen LogP contribution in [0.15, 0.2) is 24.7 Å². The Kier molecular flexibility index (Phi) is 2.82. The summed E-state index contributed by atoms with van der Waals surface area (Å²) in [5, 5.41) is 4.28. The Labute approximate surface area is 91.7 Å². The van der Waals surface area contributed by atoms with Crippen LogP contribution < -0.4 is 4.74 Å². The second-order valence-electron chi connectivity index (χ2n) is 2.88. The summed E-state index contributed by atoms with van der Waals surface area (Å²) in [6.07, 6.45) is 3.08. The average Bonchev–Trinajstić information content (AvgIpc) is 2.63. The summed E-state index contributed by atoms with van der Waals surface area (Å²) in [4.78, 5) is 7.92. The van der Waals surface area contributed by atoms with Crippen LogP contribution in [0.2, 0.25) is 5.15 Å². The molecule has 15 heavy (non-hydrogen) atoms. The van der Waals surface area contributed by atoms with Gasteiger partial charge in [-0.15, -0.1) is 0 Å². The molecule has 2 heterocycles. The van der Waals surface area contributed by atoms with Crippen LogP contribution in [0.5, 0.6) is 5.75 Å². The van der Waals surface area contributed by atoms with E-state index in [0.29, 0.717) is 17.5 Å². The zero-order valence-electron chi connectivity index (χ0n) is 8.09. The van der Waals surface area contributed by atoms with Crippen molar-refractivity contribution in [3.8, 4) is 5.75 Å². The van der Waals surface area contributed by atoms with Crippen LogP contribution in [0.3, 0.4) is 0 Å². The molecule has 0 radical (unpaired) electrons. The van der Waals surface area contributed by atoms with E-state index < -0.39 is 0 Å². The van der Waals surface area contributed by atoms with E-state index in [1.54, 1.807) is 30.1 Å². The highest BCUT2D eigenvalue weighted by atomic mass is 35.5. The standard InChI is InChI=1S/C9H9ClN4O/c1-14-8(12-6-13-14)5-15-7-3-2-4-11-9(7)10/h2-4,6H,5H2,1H3. The van der Waals surface area contributed by atoms with Crippen LogP contribution in [0.1, 0.15) is 5.82 Å². The van der Waals surface area contributed by atoms with E-state index in [0.717, 1.165) is 5.82 Å². The average molecular weight is 225 g/mol. The molecular formula is C9H9ClN4O. The third-order valence-corrected chi connectivity index (χ3v) is 2.17. The van der Waals surface area contributed by atoms with Crippen molar-refractivity contribution in [2.45, 2.75) is 6.61 Å². The van der Waals surface area contributed by atoms with E-state index in [2.05, 4.69) is 15.1 Å². The van der Waals surface area contributed by atoms with Crippen molar-refractivity contribution >= 4 is 11.6 Å². The van der Waals surface area contributed by atoms with Gasteiger partial charge in [0.2, 0.25) is 0 Å². The second kappa shape index (κ2) is 4.27. The van der Waals surface area contributed by atoms with E-state index in [-0.39, 0.29) is 0 Å². The van der Waals surface area contributed by atoms with Crippen LogP contribution in [0.25, 0.3) is 0 Å². The van der Waals surface area contributed by atoms with Crippen molar-refractivity contribution in [3.63, 3.8) is 0 Å². The summed E-state index contributed by atoms with van der Waals surface area (Å²) in [6, 6.07) is 3.52. The van der Waals surface area contributed by atoms with E-state index in [1.165, 1.54) is 6.33 Å². The quantitative estimate of drug-likeness (QED) is 0.741. The predicted octanol–water partition coefficient (Wildman–Crippen LogP) is 1.44. The van der Waals surface area contributed by atoms with Gasteiger partial charge < -0.3 is 4.74 Å². The Hall–Kier alpha value is -1.62. The lowest BCUT2D eigenvalue weighted by molar-refractivity contribution is 0.289. The van der Waals surface area contributed by atoms with E-state index in [1.807, 2.05) is 0 Å². The molecule has 0 aliphatic carbocycles. The molecule has 0 saturated heterocycles. The number of hydrogen-bond donors (Lipinski definition) is 0. The molecule has 0 unspecified atom stereocenters. The molecule has 0 spiro atoms. The Morgan fingerprint density at radius 1 is 1.47 bits per heavy atom. The third kappa shape index (κ3) is 2.24. The minimum atomic E-state index is 0.321. The zero-order valence-corrected chi connectivity index (χ0v) is 8.85. The number of rotatable bonds is 3. The minimum absolute atomic E-state index is 0.321. The number of nitrogens with zero attached hydrogens (tertiary/aromatic N) is 4. The molecule has 2 aromatic heterocycles. The van der Waals surface area contributed by atoms with Crippen LogP contribution in [-0.4, -0.2) is 19.7 Å². The fourth-order valence-electron chi connectivity index (χ4n) is 1.07. The minimum Gasteiger partial charge on any atom is -0.482 e. The Morgan fingerprint density at radius 3 is 3.00 bits per heavy atom. The van der Waals surface area contributed by atoms with Crippen molar-refractivity contribution in [2.75, 3.05) is 0 Å². The van der Waals surface area contributed by atoms with Crippen molar-refractivity contribution in [1.29, 1.82) is 0 Å². The molecule has 0 aliphatic heterocycles. The van der Waals surface area contributed by atoms with Gasteiger partial charge in [-0.1, -0.05) is 11.6 Å². The van der Waals surface area contributed by atoms with E-state index in [4.69, 9.17) is 16.3 Å². The first kappa shape index (κ1) is 9.92. The monoisotopic (exact) mass is 224 g/mol. The maximum Gasteiger partial charge on any atom is 0.171 e. The lowest BCUT2D eigenvalue weighted by Gasteiger charge is -2.05. The highest BCUT2D eigenvalue weighted by Crippen LogP contribution is 2.20. The number of aryl methyl sites for hydroxylation is 1. The van der Waals surface area contributed by atoms with Crippen molar-refractivity contribution in [1.82, 2.24) is 19.7 Å². The van der Waals surface area contributed by atoms with Gasteiger partial charge in [-0.3, -0.25) is 4.68 Å². The Balaban J connectivity index is 2.06. The lowest BCUT2D eigenvalue weighted by atomic mass is 10.4. The van der Waals surface area contributed by atoms with Crippen LogP contribution in [-0.2, 0) is 13.7 Å². The van der Waals surface area contributed by atoms with Gasteiger partial charge in [0.25, 0.3) is 0 Å². The molecule has 0 amide bonds. The van der Waals surface area contributed by atoms with Gasteiger partial charge in [-0.2, -0.15) is 5.10 Å². The topological polar surface area (TPSA) is 52.8 Å². The van der Waals surface area contributed by atoms with Gasteiger partial charge in [0.15, 0.2) is 16.7 Å². The predicted molar refractivity (Wildman–Crippen MR) is 54.6 cm³/mol. The number of pyridine rings is 1. The van der Waals surface area contributed by atoms with Gasteiger partial charge in [0.1, 0.15) is 12.9 Å². The molecule has 0 fully saturated rings. The Morgan fingerprint density at radius 2 is 2.33 bits per heavy atom. The van der Waals surface area contributed by atoms with Gasteiger partial charge in [0.05, 0.1) is 0 Å². The summed E-state index contributed by atoms with van der Waals surface area (Å²) in [5.41, 5.74) is 0. The molecule has 2 rings (SSSR count). The first-order chi connectivity index (χ1) is 7.27. The summed E-state index contributed by atoms with van der Waals surface area (Å²) in [5.74, 6) is 1.28. The zero-order chi connectivity index (χ0) is 10.7. The van der Waals surface area contributed by atoms with Crippen molar-refractivity contribution in [3.05, 3.63) is 35.6 Å². The molecule has 0 N–H and O–H groups in total. The van der Waals surface area contributed by atoms with Crippen molar-refractivity contribution < 1.29 is 4.74 Å². The second-order valence-corrected chi connectivity index (χ2v) is 3.24. The maximum absolute atomic E-state index is 5.83. The van der Waals surface area contributed by atoms with Crippen LogP contribution in [0.4, 0.5) is 0 Å². The largest absolute Gasteiger partial charge is 0.482 e. The third-order valence-electron chi connectivity index (χ3n) is 1.89. The number of hydrogen-bond acceptors (Lipinski definition) is 4. The van der Waals surface area contributed by atoms with Crippen molar-refractivity contribution in [2.24, 2.45) is 7.05 Å². The number of halogens is 1. The van der Waals surface area contributed by atoms with E-state index >= 15 is 0 Å². The fraction of sp³-hybridized carbons (Fsp3) is 0.222. The molecule has 5 nitrogen and oxygen atoms in total. The summed E-state index contributed by atoms with van der Waals surface area (Å²) in [6.45, 7) is 0.321. The summed E-state index contributed by atoms with van der Waals surface area (Å²) in [7, 11) is 1.80. The Bertz CT molecular complexity index is 457. The first-order valence-corrected chi connectivity index (χ1v) is 4.71. The maximum atomic E-state index is 5.83. The van der Waals surface area contributed by atoms with Gasteiger partial charge >= 0.3 is 0 Å². The van der Waals surface area contributed by atoms with Crippen LogP contribution in [0, 0.1) is 0 Å². The molecule has 6 heteroatoms. The molecular weight excluding hydrogens is 216 g/mol. The molecule has 0 atom stereocenters. The van der Waals surface area contributed by atoms with Gasteiger partial charge in [0, 0.05) is 13.2 Å². The molecule has 0 aliphatic rings. The van der Waals surface area contributed by atoms with Crippen LogP contribution >= 0.6 is 11.6 Å². The number of ether oxygens (including phenoxy) is 1. The summed E-state index contributed by atoms with van der Waals surface area (Å²) >= 11 is 5.83. The molecule has 0 aromatic carbocycles. The molecule has 0 bridgehead atoms. The molecule has 0 saturated carbocycles. The molecule has 78 valence electrons. The highest BCUT2D eigenvalue weighted by molar-refractivity contribution is 6.30. The first-order valence-electron chi connectivity index (χ1n) is 4.33. The van der Waals surface area contributed by atoms with E-state index in [9.17, 15) is 0 Å².